The first-order chi connectivity index (χ1) is 10.1. The molecule has 21 heavy (non-hydrogen) atoms. The molecule has 0 radical (unpaired) electrons. The van der Waals surface area contributed by atoms with Gasteiger partial charge in [-0.05, 0) is 23.4 Å². The van der Waals surface area contributed by atoms with Crippen LogP contribution >= 0.6 is 11.3 Å². The normalized spacial score (nSPS) is 13.1. The Bertz CT molecular complexity index is 699. The molecule has 0 aliphatic heterocycles. The topological polar surface area (TPSA) is 50.9 Å². The van der Waals surface area contributed by atoms with Crippen molar-refractivity contribution in [3.05, 3.63) is 47.4 Å². The molecule has 1 atom stereocenters. The summed E-state index contributed by atoms with van der Waals surface area (Å²) in [6.45, 7) is 5.12. The Balaban J connectivity index is 1.79. The van der Waals surface area contributed by atoms with Crippen molar-refractivity contribution in [1.29, 1.82) is 0 Å². The molecule has 0 bridgehead atoms. The van der Waals surface area contributed by atoms with Crippen molar-refractivity contribution in [1.82, 2.24) is 14.8 Å². The average Bonchev–Trinajstić information content (AvgIpc) is 3.05. The lowest BCUT2D eigenvalue weighted by Gasteiger charge is -2.11. The van der Waals surface area contributed by atoms with Gasteiger partial charge in [-0.25, -0.2) is 9.67 Å². The van der Waals surface area contributed by atoms with Crippen molar-refractivity contribution in [3.8, 4) is 0 Å². The SMILES string of the molecule is CC(C)Cn1ncnc1CC(O)c1cc2ccccc2s1. The van der Waals surface area contributed by atoms with Gasteiger partial charge in [0.2, 0.25) is 0 Å². The third-order valence-electron chi connectivity index (χ3n) is 3.38. The molecule has 1 unspecified atom stereocenters. The minimum atomic E-state index is -0.530. The fourth-order valence-corrected chi connectivity index (χ4v) is 3.44. The number of benzene rings is 1. The van der Waals surface area contributed by atoms with Crippen LogP contribution in [0.15, 0.2) is 36.7 Å². The predicted octanol–water partition coefficient (Wildman–Crippen LogP) is 3.42. The van der Waals surface area contributed by atoms with Crippen molar-refractivity contribution >= 4 is 21.4 Å². The summed E-state index contributed by atoms with van der Waals surface area (Å²) in [5, 5.41) is 15.9. The van der Waals surface area contributed by atoms with Crippen LogP contribution in [-0.2, 0) is 13.0 Å². The minimum absolute atomic E-state index is 0.500. The lowest BCUT2D eigenvalue weighted by Crippen LogP contribution is -2.13. The summed E-state index contributed by atoms with van der Waals surface area (Å²) in [6, 6.07) is 10.3. The van der Waals surface area contributed by atoms with Crippen molar-refractivity contribution in [2.75, 3.05) is 0 Å². The molecule has 0 saturated heterocycles. The molecule has 0 amide bonds. The van der Waals surface area contributed by atoms with E-state index in [9.17, 15) is 5.11 Å². The first-order valence-electron chi connectivity index (χ1n) is 7.16. The number of thiophene rings is 1. The first kappa shape index (κ1) is 14.2. The number of aliphatic hydroxyl groups is 1. The van der Waals surface area contributed by atoms with Gasteiger partial charge >= 0.3 is 0 Å². The number of rotatable bonds is 5. The average molecular weight is 301 g/mol. The number of aliphatic hydroxyl groups excluding tert-OH is 1. The van der Waals surface area contributed by atoms with Crippen LogP contribution < -0.4 is 0 Å². The number of hydrogen-bond acceptors (Lipinski definition) is 4. The Morgan fingerprint density at radius 3 is 2.86 bits per heavy atom. The third kappa shape index (κ3) is 3.14. The first-order valence-corrected chi connectivity index (χ1v) is 7.98. The monoisotopic (exact) mass is 301 g/mol. The molecule has 2 aromatic heterocycles. The van der Waals surface area contributed by atoms with Crippen LogP contribution in [0.5, 0.6) is 0 Å². The van der Waals surface area contributed by atoms with Gasteiger partial charge in [0.1, 0.15) is 12.2 Å². The summed E-state index contributed by atoms with van der Waals surface area (Å²) in [4.78, 5) is 5.27. The van der Waals surface area contributed by atoms with Crippen LogP contribution in [-0.4, -0.2) is 19.9 Å². The second-order valence-corrected chi connectivity index (χ2v) is 6.77. The zero-order valence-electron chi connectivity index (χ0n) is 12.2. The van der Waals surface area contributed by atoms with E-state index in [1.165, 1.54) is 10.1 Å². The molecule has 110 valence electrons. The van der Waals surface area contributed by atoms with Crippen LogP contribution in [0.1, 0.15) is 30.7 Å². The highest BCUT2D eigenvalue weighted by molar-refractivity contribution is 7.19. The highest BCUT2D eigenvalue weighted by Gasteiger charge is 2.16. The van der Waals surface area contributed by atoms with E-state index in [1.54, 1.807) is 17.7 Å². The van der Waals surface area contributed by atoms with Crippen LogP contribution in [0.2, 0.25) is 0 Å². The van der Waals surface area contributed by atoms with Crippen LogP contribution in [0.4, 0.5) is 0 Å². The van der Waals surface area contributed by atoms with Gasteiger partial charge in [0, 0.05) is 22.5 Å². The molecule has 0 saturated carbocycles. The molecule has 0 spiro atoms. The van der Waals surface area contributed by atoms with E-state index in [0.717, 1.165) is 17.2 Å². The summed E-state index contributed by atoms with van der Waals surface area (Å²) in [5.74, 6) is 1.35. The van der Waals surface area contributed by atoms with E-state index in [0.29, 0.717) is 12.3 Å². The molecular formula is C16H19N3OS. The van der Waals surface area contributed by atoms with Gasteiger partial charge < -0.3 is 5.11 Å². The zero-order valence-corrected chi connectivity index (χ0v) is 13.0. The van der Waals surface area contributed by atoms with Gasteiger partial charge in [0.15, 0.2) is 0 Å². The summed E-state index contributed by atoms with van der Waals surface area (Å²) >= 11 is 1.64. The van der Waals surface area contributed by atoms with Gasteiger partial charge in [-0.3, -0.25) is 0 Å². The zero-order chi connectivity index (χ0) is 14.8. The van der Waals surface area contributed by atoms with E-state index in [1.807, 2.05) is 16.8 Å². The maximum atomic E-state index is 10.5. The smallest absolute Gasteiger partial charge is 0.138 e. The van der Waals surface area contributed by atoms with Crippen LogP contribution in [0.25, 0.3) is 10.1 Å². The minimum Gasteiger partial charge on any atom is -0.387 e. The Morgan fingerprint density at radius 1 is 1.29 bits per heavy atom. The Labute approximate surface area is 128 Å². The van der Waals surface area contributed by atoms with Crippen LogP contribution in [0.3, 0.4) is 0 Å². The van der Waals surface area contributed by atoms with Gasteiger partial charge in [-0.1, -0.05) is 32.0 Å². The maximum Gasteiger partial charge on any atom is 0.138 e. The fraction of sp³-hybridized carbons (Fsp3) is 0.375. The molecule has 5 heteroatoms. The summed E-state index contributed by atoms with van der Waals surface area (Å²) in [6.07, 6.45) is 1.53. The Hall–Kier alpha value is -1.72. The molecule has 0 aliphatic rings. The second kappa shape index (κ2) is 5.95. The van der Waals surface area contributed by atoms with Crippen LogP contribution in [0, 0.1) is 5.92 Å². The van der Waals surface area contributed by atoms with E-state index < -0.39 is 6.10 Å². The quantitative estimate of drug-likeness (QED) is 0.785. The largest absolute Gasteiger partial charge is 0.387 e. The lowest BCUT2D eigenvalue weighted by atomic mass is 10.1. The Kier molecular flexibility index (Phi) is 4.03. The van der Waals surface area contributed by atoms with Crippen molar-refractivity contribution in [2.45, 2.75) is 32.9 Å². The van der Waals surface area contributed by atoms with Crippen molar-refractivity contribution in [2.24, 2.45) is 5.92 Å². The van der Waals surface area contributed by atoms with Gasteiger partial charge in [0.25, 0.3) is 0 Å². The maximum absolute atomic E-state index is 10.5. The van der Waals surface area contributed by atoms with Gasteiger partial charge in [0.05, 0.1) is 6.10 Å². The molecule has 1 aromatic carbocycles. The molecule has 3 aromatic rings. The molecule has 4 nitrogen and oxygen atoms in total. The third-order valence-corrected chi connectivity index (χ3v) is 4.60. The number of nitrogens with zero attached hydrogens (tertiary/aromatic N) is 3. The fourth-order valence-electron chi connectivity index (χ4n) is 2.38. The lowest BCUT2D eigenvalue weighted by molar-refractivity contribution is 0.177. The predicted molar refractivity (Wildman–Crippen MR) is 85.3 cm³/mol. The molecule has 0 aliphatic carbocycles. The Morgan fingerprint density at radius 2 is 2.10 bits per heavy atom. The second-order valence-electron chi connectivity index (χ2n) is 5.66. The van der Waals surface area contributed by atoms with Crippen molar-refractivity contribution in [3.63, 3.8) is 0 Å². The van der Waals surface area contributed by atoms with E-state index >= 15 is 0 Å². The van der Waals surface area contributed by atoms with E-state index in [2.05, 4.69) is 42.1 Å². The highest BCUT2D eigenvalue weighted by Crippen LogP contribution is 2.31. The number of hydrogen-bond donors (Lipinski definition) is 1. The van der Waals surface area contributed by atoms with E-state index in [-0.39, 0.29) is 0 Å². The van der Waals surface area contributed by atoms with Crippen molar-refractivity contribution < 1.29 is 5.11 Å². The van der Waals surface area contributed by atoms with E-state index in [4.69, 9.17) is 0 Å². The standard InChI is InChI=1S/C16H19N3OS/c1-11(2)9-19-16(17-10-18-19)8-13(20)15-7-12-5-3-4-6-14(12)21-15/h3-7,10-11,13,20H,8-9H2,1-2H3. The molecule has 2 heterocycles. The molecular weight excluding hydrogens is 282 g/mol. The molecule has 3 rings (SSSR count). The highest BCUT2D eigenvalue weighted by atomic mass is 32.1. The summed E-state index contributed by atoms with van der Waals surface area (Å²) < 4.78 is 3.09. The number of aromatic nitrogens is 3. The molecule has 0 fully saturated rings. The summed E-state index contributed by atoms with van der Waals surface area (Å²) in [5.41, 5.74) is 0. The summed E-state index contributed by atoms with van der Waals surface area (Å²) in [7, 11) is 0. The van der Waals surface area contributed by atoms with Gasteiger partial charge in [-0.15, -0.1) is 11.3 Å². The van der Waals surface area contributed by atoms with Gasteiger partial charge in [-0.2, -0.15) is 5.10 Å². The molecule has 1 N–H and O–H groups in total. The number of fused-ring (bicyclic) bond motifs is 1.